The fourth-order valence-corrected chi connectivity index (χ4v) is 2.04. The Hall–Kier alpha value is -0.610. The molecule has 2 unspecified atom stereocenters. The number of nitrogens with two attached hydrogens (primary N) is 1. The van der Waals surface area contributed by atoms with Crippen molar-refractivity contribution in [2.24, 2.45) is 11.7 Å². The van der Waals surface area contributed by atoms with Gasteiger partial charge in [0.15, 0.2) is 0 Å². The van der Waals surface area contributed by atoms with Gasteiger partial charge in [0.2, 0.25) is 5.91 Å². The van der Waals surface area contributed by atoms with Crippen LogP contribution in [0.4, 0.5) is 0 Å². The first-order valence-corrected chi connectivity index (χ1v) is 6.26. The lowest BCUT2D eigenvalue weighted by atomic mass is 10.0. The van der Waals surface area contributed by atoms with Gasteiger partial charge in [-0.2, -0.15) is 0 Å². The second-order valence-corrected chi connectivity index (χ2v) is 5.09. The van der Waals surface area contributed by atoms with Crippen molar-refractivity contribution in [1.29, 1.82) is 0 Å². The van der Waals surface area contributed by atoms with Crippen molar-refractivity contribution in [3.05, 3.63) is 0 Å². The summed E-state index contributed by atoms with van der Waals surface area (Å²) >= 11 is 0. The van der Waals surface area contributed by atoms with E-state index < -0.39 is 12.1 Å². The highest BCUT2D eigenvalue weighted by molar-refractivity contribution is 5.82. The zero-order valence-electron chi connectivity index (χ0n) is 10.3. The van der Waals surface area contributed by atoms with Crippen LogP contribution in [0.25, 0.3) is 0 Å². The molecule has 16 heavy (non-hydrogen) atoms. The van der Waals surface area contributed by atoms with Crippen LogP contribution in [0.1, 0.15) is 46.0 Å². The second kappa shape index (κ2) is 6.21. The zero-order chi connectivity index (χ0) is 12.1. The lowest BCUT2D eigenvalue weighted by Crippen LogP contribution is -2.51. The van der Waals surface area contributed by atoms with Gasteiger partial charge >= 0.3 is 0 Å². The lowest BCUT2D eigenvalue weighted by Gasteiger charge is -2.24. The van der Waals surface area contributed by atoms with Crippen LogP contribution in [0.5, 0.6) is 0 Å². The molecule has 4 nitrogen and oxygen atoms in total. The Morgan fingerprint density at radius 2 is 1.94 bits per heavy atom. The predicted molar refractivity (Wildman–Crippen MR) is 63.8 cm³/mol. The van der Waals surface area contributed by atoms with E-state index in [1.807, 2.05) is 13.8 Å². The Balaban J connectivity index is 2.48. The number of aliphatic hydroxyl groups is 1. The minimum absolute atomic E-state index is 0.111. The molecule has 94 valence electrons. The van der Waals surface area contributed by atoms with E-state index in [0.717, 1.165) is 32.1 Å². The summed E-state index contributed by atoms with van der Waals surface area (Å²) in [6.45, 7) is 3.85. The molecule has 0 bridgehead atoms. The molecule has 0 aromatic carbocycles. The molecule has 0 saturated heterocycles. The van der Waals surface area contributed by atoms with E-state index in [1.54, 1.807) is 0 Å². The Morgan fingerprint density at radius 3 is 2.56 bits per heavy atom. The van der Waals surface area contributed by atoms with Crippen LogP contribution in [-0.2, 0) is 4.79 Å². The topological polar surface area (TPSA) is 75.4 Å². The van der Waals surface area contributed by atoms with Crippen LogP contribution in [-0.4, -0.2) is 29.2 Å². The average Bonchev–Trinajstić information content (AvgIpc) is 2.43. The van der Waals surface area contributed by atoms with Gasteiger partial charge in [0.25, 0.3) is 0 Å². The number of hydrogen-bond acceptors (Lipinski definition) is 3. The summed E-state index contributed by atoms with van der Waals surface area (Å²) in [6, 6.07) is -0.588. The van der Waals surface area contributed by atoms with Gasteiger partial charge in [-0.05, 0) is 18.8 Å². The Morgan fingerprint density at radius 1 is 1.31 bits per heavy atom. The lowest BCUT2D eigenvalue weighted by molar-refractivity contribution is -0.124. The summed E-state index contributed by atoms with van der Waals surface area (Å²) in [7, 11) is 0. The normalized spacial score (nSPS) is 28.6. The zero-order valence-corrected chi connectivity index (χ0v) is 10.3. The van der Waals surface area contributed by atoms with E-state index in [9.17, 15) is 9.90 Å². The highest BCUT2D eigenvalue weighted by Crippen LogP contribution is 2.18. The molecule has 1 saturated carbocycles. The monoisotopic (exact) mass is 228 g/mol. The van der Waals surface area contributed by atoms with E-state index in [2.05, 4.69) is 5.32 Å². The third-order valence-electron chi connectivity index (χ3n) is 3.33. The van der Waals surface area contributed by atoms with Gasteiger partial charge in [0, 0.05) is 0 Å². The summed E-state index contributed by atoms with van der Waals surface area (Å²) in [5, 5.41) is 12.7. The fraction of sp³-hybridized carbons (Fsp3) is 0.917. The molecule has 1 fully saturated rings. The van der Waals surface area contributed by atoms with Crippen LogP contribution in [0, 0.1) is 5.92 Å². The van der Waals surface area contributed by atoms with Crippen LogP contribution in [0.2, 0.25) is 0 Å². The third-order valence-corrected chi connectivity index (χ3v) is 3.33. The molecule has 1 aliphatic rings. The van der Waals surface area contributed by atoms with Crippen LogP contribution >= 0.6 is 0 Å². The third kappa shape index (κ3) is 3.76. The Bertz CT molecular complexity index is 231. The van der Waals surface area contributed by atoms with Crippen molar-refractivity contribution in [1.82, 2.24) is 5.32 Å². The highest BCUT2D eigenvalue weighted by atomic mass is 16.3. The van der Waals surface area contributed by atoms with Gasteiger partial charge in [-0.25, -0.2) is 0 Å². The number of rotatable bonds is 3. The van der Waals surface area contributed by atoms with E-state index in [-0.39, 0.29) is 17.9 Å². The number of carbonyl (C=O) groups is 1. The Kier molecular flexibility index (Phi) is 5.22. The maximum Gasteiger partial charge on any atom is 0.237 e. The molecular weight excluding hydrogens is 204 g/mol. The molecule has 3 atom stereocenters. The molecule has 1 amide bonds. The molecule has 4 N–H and O–H groups in total. The van der Waals surface area contributed by atoms with Crippen molar-refractivity contribution in [2.45, 2.75) is 64.1 Å². The van der Waals surface area contributed by atoms with Crippen LogP contribution in [0.15, 0.2) is 0 Å². The van der Waals surface area contributed by atoms with Gasteiger partial charge in [0.05, 0.1) is 18.2 Å². The predicted octanol–water partition coefficient (Wildman–Crippen LogP) is 0.779. The number of aliphatic hydroxyl groups excluding tert-OH is 1. The average molecular weight is 228 g/mol. The number of carbonyl (C=O) groups excluding carboxylic acids is 1. The molecule has 4 heteroatoms. The molecule has 1 aliphatic carbocycles. The molecule has 0 aliphatic heterocycles. The number of amides is 1. The minimum Gasteiger partial charge on any atom is -0.391 e. The first kappa shape index (κ1) is 13.5. The molecular formula is C12H24N2O2. The second-order valence-electron chi connectivity index (χ2n) is 5.09. The summed E-state index contributed by atoms with van der Waals surface area (Å²) in [5.41, 5.74) is 5.77. The summed E-state index contributed by atoms with van der Waals surface area (Å²) in [4.78, 5) is 11.8. The van der Waals surface area contributed by atoms with Crippen molar-refractivity contribution in [3.8, 4) is 0 Å². The largest absolute Gasteiger partial charge is 0.391 e. The quantitative estimate of drug-likeness (QED) is 0.625. The fourth-order valence-electron chi connectivity index (χ4n) is 2.04. The first-order valence-electron chi connectivity index (χ1n) is 6.26. The molecule has 0 aromatic heterocycles. The van der Waals surface area contributed by atoms with Gasteiger partial charge in [-0.15, -0.1) is 0 Å². The van der Waals surface area contributed by atoms with E-state index >= 15 is 0 Å². The van der Waals surface area contributed by atoms with Gasteiger partial charge < -0.3 is 16.2 Å². The van der Waals surface area contributed by atoms with Crippen molar-refractivity contribution < 1.29 is 9.90 Å². The standard InChI is InChI=1S/C12H24N2O2/c1-8(2)11(13)12(16)14-9-6-4-3-5-7-10(9)15/h8-11,15H,3-7,13H2,1-2H3,(H,14,16)/t9?,10?,11-/m1/s1. The number of nitrogens with one attached hydrogen (secondary N) is 1. The summed E-state index contributed by atoms with van der Waals surface area (Å²) in [5.74, 6) is -0.0103. The van der Waals surface area contributed by atoms with Crippen LogP contribution in [0.3, 0.4) is 0 Å². The van der Waals surface area contributed by atoms with Gasteiger partial charge in [0.1, 0.15) is 0 Å². The van der Waals surface area contributed by atoms with Crippen molar-refractivity contribution >= 4 is 5.91 Å². The minimum atomic E-state index is -0.476. The first-order chi connectivity index (χ1) is 7.52. The van der Waals surface area contributed by atoms with Gasteiger partial charge in [-0.3, -0.25) is 4.79 Å². The highest BCUT2D eigenvalue weighted by Gasteiger charge is 2.26. The SMILES string of the molecule is CC(C)[C@@H](N)C(=O)NC1CCCCCC1O. The van der Waals surface area contributed by atoms with E-state index in [4.69, 9.17) is 5.73 Å². The van der Waals surface area contributed by atoms with E-state index in [1.165, 1.54) is 0 Å². The summed E-state index contributed by atoms with van der Waals surface area (Å²) in [6.07, 6.45) is 4.48. The van der Waals surface area contributed by atoms with Crippen molar-refractivity contribution in [2.75, 3.05) is 0 Å². The molecule has 0 spiro atoms. The number of hydrogen-bond donors (Lipinski definition) is 3. The smallest absolute Gasteiger partial charge is 0.237 e. The van der Waals surface area contributed by atoms with Gasteiger partial charge in [-0.1, -0.05) is 33.1 Å². The van der Waals surface area contributed by atoms with E-state index in [0.29, 0.717) is 0 Å². The van der Waals surface area contributed by atoms with Crippen LogP contribution < -0.4 is 11.1 Å². The molecule has 0 heterocycles. The molecule has 0 radical (unpaired) electrons. The summed E-state index contributed by atoms with van der Waals surface area (Å²) < 4.78 is 0. The van der Waals surface area contributed by atoms with Crippen molar-refractivity contribution in [3.63, 3.8) is 0 Å². The maximum atomic E-state index is 11.8. The molecule has 0 aromatic rings. The Labute approximate surface area is 97.6 Å². The maximum absolute atomic E-state index is 11.8. The molecule has 1 rings (SSSR count).